The number of hydrogen-bond acceptors (Lipinski definition) is 3. The van der Waals surface area contributed by atoms with Gasteiger partial charge in [-0.2, -0.15) is 5.10 Å². The van der Waals surface area contributed by atoms with Crippen molar-refractivity contribution in [1.29, 1.82) is 0 Å². The van der Waals surface area contributed by atoms with Crippen molar-refractivity contribution in [3.05, 3.63) is 114 Å². The molecule has 0 aromatic heterocycles. The Bertz CT molecular complexity index is 1180. The Morgan fingerprint density at radius 1 is 0.800 bits per heavy atom. The second kappa shape index (κ2) is 9.05. The van der Waals surface area contributed by atoms with Gasteiger partial charge < -0.3 is 4.74 Å². The molecule has 0 radical (unpaired) electrons. The fraction of sp³-hybridized carbons (Fsp3) is 0.0769. The van der Waals surface area contributed by atoms with Crippen molar-refractivity contribution in [2.75, 3.05) is 0 Å². The molecule has 0 heterocycles. The summed E-state index contributed by atoms with van der Waals surface area (Å²) in [7, 11) is 0. The summed E-state index contributed by atoms with van der Waals surface area (Å²) < 4.78 is 5.76. The number of ether oxygens (including phenoxy) is 1. The van der Waals surface area contributed by atoms with Crippen LogP contribution in [0.3, 0.4) is 0 Å². The molecule has 30 heavy (non-hydrogen) atoms. The van der Waals surface area contributed by atoms with Crippen LogP contribution >= 0.6 is 0 Å². The zero-order valence-electron chi connectivity index (χ0n) is 16.7. The molecule has 0 fully saturated rings. The molecule has 0 spiro atoms. The molecule has 0 aliphatic heterocycles. The van der Waals surface area contributed by atoms with Crippen LogP contribution in [0.4, 0.5) is 0 Å². The summed E-state index contributed by atoms with van der Waals surface area (Å²) in [6.45, 7) is 2.37. The van der Waals surface area contributed by atoms with Gasteiger partial charge in [-0.3, -0.25) is 4.79 Å². The molecule has 4 nitrogen and oxygen atoms in total. The van der Waals surface area contributed by atoms with E-state index in [9.17, 15) is 4.79 Å². The lowest BCUT2D eigenvalue weighted by atomic mass is 10.0. The monoisotopic (exact) mass is 394 g/mol. The Hall–Kier alpha value is -3.92. The first kappa shape index (κ1) is 19.4. The molecule has 1 N–H and O–H groups in total. The van der Waals surface area contributed by atoms with Crippen LogP contribution in [0.2, 0.25) is 0 Å². The normalized spacial score (nSPS) is 11.3. The Balaban J connectivity index is 1.37. The van der Waals surface area contributed by atoms with Gasteiger partial charge in [-0.25, -0.2) is 5.43 Å². The molecular formula is C26H22N2O2. The predicted molar refractivity (Wildman–Crippen MR) is 121 cm³/mol. The molecule has 4 heteroatoms. The molecule has 4 aromatic carbocycles. The number of hydrogen-bond donors (Lipinski definition) is 1. The van der Waals surface area contributed by atoms with Gasteiger partial charge in [-0.15, -0.1) is 0 Å². The maximum Gasteiger partial charge on any atom is 0.271 e. The van der Waals surface area contributed by atoms with E-state index in [0.29, 0.717) is 17.9 Å². The van der Waals surface area contributed by atoms with Crippen molar-refractivity contribution in [1.82, 2.24) is 5.43 Å². The van der Waals surface area contributed by atoms with E-state index in [-0.39, 0.29) is 5.91 Å². The molecule has 4 aromatic rings. The number of benzene rings is 4. The van der Waals surface area contributed by atoms with Crippen LogP contribution in [0.25, 0.3) is 10.8 Å². The molecule has 4 rings (SSSR count). The van der Waals surface area contributed by atoms with E-state index in [0.717, 1.165) is 22.2 Å². The van der Waals surface area contributed by atoms with Crippen molar-refractivity contribution in [3.8, 4) is 5.75 Å². The highest BCUT2D eigenvalue weighted by Gasteiger charge is 2.06. The molecule has 0 aliphatic rings. The summed E-state index contributed by atoms with van der Waals surface area (Å²) in [5.74, 6) is 0.455. The van der Waals surface area contributed by atoms with Gasteiger partial charge in [0.2, 0.25) is 0 Å². The van der Waals surface area contributed by atoms with Gasteiger partial charge >= 0.3 is 0 Å². The molecule has 0 atom stereocenters. The number of carbonyl (C=O) groups excluding carboxylic acids is 1. The smallest absolute Gasteiger partial charge is 0.271 e. The first-order valence-electron chi connectivity index (χ1n) is 9.80. The number of fused-ring (bicyclic) bond motifs is 1. The van der Waals surface area contributed by atoms with Gasteiger partial charge in [-0.1, -0.05) is 66.7 Å². The van der Waals surface area contributed by atoms with Crippen LogP contribution in [0.5, 0.6) is 5.75 Å². The highest BCUT2D eigenvalue weighted by Crippen LogP contribution is 2.17. The van der Waals surface area contributed by atoms with Crippen LogP contribution in [0.15, 0.2) is 102 Å². The third kappa shape index (κ3) is 4.73. The number of amides is 1. The number of nitrogens with one attached hydrogen (secondary N) is 1. The Kier molecular flexibility index (Phi) is 5.85. The third-order valence-electron chi connectivity index (χ3n) is 4.86. The van der Waals surface area contributed by atoms with Gasteiger partial charge in [-0.05, 0) is 59.2 Å². The van der Waals surface area contributed by atoms with Crippen molar-refractivity contribution in [3.63, 3.8) is 0 Å². The summed E-state index contributed by atoms with van der Waals surface area (Å²) >= 11 is 0. The van der Waals surface area contributed by atoms with Crippen LogP contribution in [0, 0.1) is 0 Å². The number of hydrazone groups is 1. The lowest BCUT2D eigenvalue weighted by Gasteiger charge is -2.07. The average Bonchev–Trinajstić information content (AvgIpc) is 2.81. The van der Waals surface area contributed by atoms with Crippen LogP contribution in [-0.2, 0) is 6.61 Å². The summed E-state index contributed by atoms with van der Waals surface area (Å²) in [6.07, 6.45) is 0. The Morgan fingerprint density at radius 2 is 1.47 bits per heavy atom. The van der Waals surface area contributed by atoms with E-state index in [1.807, 2.05) is 55.5 Å². The summed E-state index contributed by atoms with van der Waals surface area (Å²) in [5.41, 5.74) is 5.97. The van der Waals surface area contributed by atoms with Gasteiger partial charge in [0, 0.05) is 5.56 Å². The van der Waals surface area contributed by atoms with E-state index in [4.69, 9.17) is 4.74 Å². The lowest BCUT2D eigenvalue weighted by Crippen LogP contribution is -2.19. The van der Waals surface area contributed by atoms with Crippen molar-refractivity contribution >= 4 is 22.4 Å². The van der Waals surface area contributed by atoms with Crippen molar-refractivity contribution in [2.45, 2.75) is 13.5 Å². The summed E-state index contributed by atoms with van der Waals surface area (Å²) in [4.78, 5) is 12.4. The molecule has 0 saturated heterocycles. The highest BCUT2D eigenvalue weighted by molar-refractivity contribution is 6.03. The fourth-order valence-electron chi connectivity index (χ4n) is 3.12. The molecule has 0 aliphatic carbocycles. The third-order valence-corrected chi connectivity index (χ3v) is 4.86. The Labute approximate surface area is 175 Å². The zero-order chi connectivity index (χ0) is 20.8. The fourth-order valence-corrected chi connectivity index (χ4v) is 3.12. The minimum Gasteiger partial charge on any atom is -0.489 e. The SMILES string of the molecule is C/C(=N\NC(=O)c1ccc(OCc2ccccc2)cc1)c1ccc2ccccc2c1. The van der Waals surface area contributed by atoms with Crippen molar-refractivity contribution in [2.24, 2.45) is 5.10 Å². The molecule has 1 amide bonds. The van der Waals surface area contributed by atoms with E-state index >= 15 is 0 Å². The van der Waals surface area contributed by atoms with Crippen LogP contribution < -0.4 is 10.2 Å². The maximum atomic E-state index is 12.4. The van der Waals surface area contributed by atoms with Crippen LogP contribution in [-0.4, -0.2) is 11.6 Å². The average molecular weight is 394 g/mol. The van der Waals surface area contributed by atoms with Crippen molar-refractivity contribution < 1.29 is 9.53 Å². The first-order chi connectivity index (χ1) is 14.7. The van der Waals surface area contributed by atoms with E-state index < -0.39 is 0 Å². The number of carbonyl (C=O) groups is 1. The second-order valence-corrected chi connectivity index (χ2v) is 7.00. The lowest BCUT2D eigenvalue weighted by molar-refractivity contribution is 0.0955. The molecule has 148 valence electrons. The Morgan fingerprint density at radius 3 is 2.23 bits per heavy atom. The van der Waals surface area contributed by atoms with Gasteiger partial charge in [0.05, 0.1) is 5.71 Å². The molecule has 0 unspecified atom stereocenters. The first-order valence-corrected chi connectivity index (χ1v) is 9.80. The highest BCUT2D eigenvalue weighted by atomic mass is 16.5. The number of rotatable bonds is 6. The number of nitrogens with zero attached hydrogens (tertiary/aromatic N) is 1. The quantitative estimate of drug-likeness (QED) is 0.343. The second-order valence-electron chi connectivity index (χ2n) is 7.00. The van der Waals surface area contributed by atoms with Gasteiger partial charge in [0.1, 0.15) is 12.4 Å². The zero-order valence-corrected chi connectivity index (χ0v) is 16.7. The summed E-state index contributed by atoms with van der Waals surface area (Å²) in [5, 5.41) is 6.58. The van der Waals surface area contributed by atoms with Gasteiger partial charge in [0.25, 0.3) is 5.91 Å². The molecular weight excluding hydrogens is 372 g/mol. The minimum absolute atomic E-state index is 0.259. The van der Waals surface area contributed by atoms with Crippen LogP contribution in [0.1, 0.15) is 28.4 Å². The minimum atomic E-state index is -0.259. The van der Waals surface area contributed by atoms with E-state index in [2.05, 4.69) is 34.8 Å². The standard InChI is InChI=1S/C26H22N2O2/c1-19(23-12-11-21-9-5-6-10-24(21)17-23)27-28-26(29)22-13-15-25(16-14-22)30-18-20-7-3-2-4-8-20/h2-17H,18H2,1H3,(H,28,29)/b27-19+. The van der Waals surface area contributed by atoms with E-state index in [1.165, 1.54) is 5.39 Å². The predicted octanol–water partition coefficient (Wildman–Crippen LogP) is 5.57. The maximum absolute atomic E-state index is 12.4. The van der Waals surface area contributed by atoms with E-state index in [1.54, 1.807) is 24.3 Å². The van der Waals surface area contributed by atoms with Gasteiger partial charge in [0.15, 0.2) is 0 Å². The topological polar surface area (TPSA) is 50.7 Å². The molecule has 0 bridgehead atoms. The summed E-state index contributed by atoms with van der Waals surface area (Å²) in [6, 6.07) is 31.3. The molecule has 0 saturated carbocycles. The largest absolute Gasteiger partial charge is 0.489 e.